The van der Waals surface area contributed by atoms with Crippen molar-refractivity contribution >= 4 is 7.28 Å². The summed E-state index contributed by atoms with van der Waals surface area (Å²) in [4.78, 5) is 22.5. The molecule has 0 saturated carbocycles. The van der Waals surface area contributed by atoms with Crippen LogP contribution in [0.15, 0.2) is 0 Å². The monoisotopic (exact) mass is 448 g/mol. The Bertz CT molecular complexity index is 360. The van der Waals surface area contributed by atoms with Crippen LogP contribution in [0.2, 0.25) is 0 Å². The van der Waals surface area contributed by atoms with E-state index in [9.17, 15) is 9.79 Å². The van der Waals surface area contributed by atoms with E-state index in [1.807, 2.05) is 0 Å². The fourth-order valence-electron chi connectivity index (χ4n) is 4.17. The van der Waals surface area contributed by atoms with Gasteiger partial charge in [0.1, 0.15) is 0 Å². The molecule has 0 aromatic heterocycles. The van der Waals surface area contributed by atoms with Crippen LogP contribution in [-0.2, 0) is 4.52 Å². The van der Waals surface area contributed by atoms with Crippen molar-refractivity contribution in [2.45, 2.75) is 149 Å². The maximum atomic E-state index is 11.3. The average molecular weight is 449 g/mol. The van der Waals surface area contributed by atoms with E-state index in [2.05, 4.69) is 20.8 Å². The van der Waals surface area contributed by atoms with Gasteiger partial charge in [-0.05, 0) is 0 Å². The molecule has 0 spiro atoms. The van der Waals surface area contributed by atoms with Gasteiger partial charge in [-0.1, -0.05) is 0 Å². The van der Waals surface area contributed by atoms with Gasteiger partial charge in [0.2, 0.25) is 0 Å². The Balaban J connectivity index is 4.26. The van der Waals surface area contributed by atoms with E-state index in [-0.39, 0.29) is 0 Å². The first-order chi connectivity index (χ1) is 14.5. The van der Waals surface area contributed by atoms with Crippen LogP contribution in [0.5, 0.6) is 0 Å². The molecule has 0 aromatic carbocycles. The summed E-state index contributed by atoms with van der Waals surface area (Å²) in [5.41, 5.74) is 0. The summed E-state index contributed by atoms with van der Waals surface area (Å²) in [7, 11) is -3.96. The molecule has 0 aliphatic carbocycles. The van der Waals surface area contributed by atoms with Crippen LogP contribution in [0.1, 0.15) is 149 Å². The van der Waals surface area contributed by atoms with Crippen LogP contribution in [0.3, 0.4) is 0 Å². The number of rotatable bonds is 24. The number of unbranched alkanes of at least 4 members (excludes halogenated alkanes) is 17. The summed E-state index contributed by atoms with van der Waals surface area (Å²) in [5, 5.41) is 0. The molecule has 0 saturated heterocycles. The van der Waals surface area contributed by atoms with Crippen LogP contribution in [0.25, 0.3) is 0 Å². The van der Waals surface area contributed by atoms with Crippen molar-refractivity contribution in [2.24, 2.45) is 0 Å². The Hall–Kier alpha value is 0.310. The normalized spacial score (nSPS) is 13.4. The van der Waals surface area contributed by atoms with Gasteiger partial charge < -0.3 is 0 Å². The second kappa shape index (κ2) is 20.0. The van der Waals surface area contributed by atoms with Crippen molar-refractivity contribution in [1.29, 1.82) is 0 Å². The second-order valence-electron chi connectivity index (χ2n) is 9.59. The van der Waals surface area contributed by atoms with Gasteiger partial charge in [-0.15, -0.1) is 0 Å². The fourth-order valence-corrected chi connectivity index (χ4v) is 6.92. The van der Waals surface area contributed by atoms with E-state index in [0.717, 1.165) is 38.5 Å². The maximum absolute atomic E-state index is 11.3. The van der Waals surface area contributed by atoms with Gasteiger partial charge >= 0.3 is 190 Å². The zero-order valence-corrected chi connectivity index (χ0v) is 21.9. The third kappa shape index (κ3) is 19.0. The molecule has 0 radical (unpaired) electrons. The van der Waals surface area contributed by atoms with Gasteiger partial charge in [-0.25, -0.2) is 0 Å². The van der Waals surface area contributed by atoms with Crippen LogP contribution >= 0.6 is 7.28 Å². The predicted molar refractivity (Wildman–Crippen MR) is 136 cm³/mol. The zero-order valence-electron chi connectivity index (χ0n) is 21.0. The first kappa shape index (κ1) is 30.3. The first-order valence-corrected chi connectivity index (χ1v) is 16.1. The first-order valence-electron chi connectivity index (χ1n) is 13.6. The molecule has 0 heterocycles. The fraction of sp³-hybridized carbons (Fsp3) is 1.00. The van der Waals surface area contributed by atoms with Crippen molar-refractivity contribution in [2.75, 3.05) is 18.9 Å². The van der Waals surface area contributed by atoms with E-state index in [4.69, 9.17) is 4.52 Å². The molecule has 4 heteroatoms. The molecule has 0 amide bonds. The van der Waals surface area contributed by atoms with Gasteiger partial charge in [0.15, 0.2) is 0 Å². The summed E-state index contributed by atoms with van der Waals surface area (Å²) in [6.45, 7) is 7.23. The van der Waals surface area contributed by atoms with Crippen molar-refractivity contribution < 1.29 is 14.3 Å². The molecule has 0 aliphatic rings. The van der Waals surface area contributed by atoms with Gasteiger partial charge in [0.25, 0.3) is 0 Å². The third-order valence-electron chi connectivity index (χ3n) is 6.31. The Morgan fingerprint density at radius 2 is 0.733 bits per heavy atom. The molecule has 0 bridgehead atoms. The molecular formula is C26H57O3P. The van der Waals surface area contributed by atoms with Crippen LogP contribution in [-0.4, -0.2) is 28.7 Å². The molecule has 0 aliphatic heterocycles. The summed E-state index contributed by atoms with van der Waals surface area (Å²) in [6, 6.07) is 0. The summed E-state index contributed by atoms with van der Waals surface area (Å²) in [5.74, 6) is 0. The van der Waals surface area contributed by atoms with E-state index in [1.54, 1.807) is 0 Å². The molecule has 2 N–H and O–H groups in total. The Labute approximate surface area is 189 Å². The minimum absolute atomic E-state index is 0.476. The quantitative estimate of drug-likeness (QED) is 0.114. The summed E-state index contributed by atoms with van der Waals surface area (Å²) in [6.07, 6.45) is 24.9. The molecule has 0 atom stereocenters. The SMILES string of the molecule is CCCCCCCCCCP(O)(O)(CCCCCCCC)OCCCCCCCC. The molecule has 30 heavy (non-hydrogen) atoms. The number of hydrogen-bond acceptors (Lipinski definition) is 3. The molecular weight excluding hydrogens is 391 g/mol. The van der Waals surface area contributed by atoms with E-state index < -0.39 is 7.28 Å². The van der Waals surface area contributed by atoms with Gasteiger partial charge in [0, 0.05) is 0 Å². The summed E-state index contributed by atoms with van der Waals surface area (Å²) < 4.78 is 5.95. The Morgan fingerprint density at radius 3 is 1.10 bits per heavy atom. The second-order valence-corrected chi connectivity index (χ2v) is 13.3. The molecule has 0 aromatic rings. The van der Waals surface area contributed by atoms with E-state index >= 15 is 0 Å². The van der Waals surface area contributed by atoms with Crippen LogP contribution < -0.4 is 0 Å². The Kier molecular flexibility index (Phi) is 20.2. The minimum atomic E-state index is -3.96. The third-order valence-corrected chi connectivity index (χ3v) is 9.52. The van der Waals surface area contributed by atoms with Crippen LogP contribution in [0, 0.1) is 0 Å². The standard InChI is InChI=1S/C26H57O3P/c1-4-7-10-13-16-17-20-23-26-30(27,28,25-22-19-15-12-9-6-3)29-24-21-18-14-11-8-5-2/h27-28H,4-26H2,1-3H3. The van der Waals surface area contributed by atoms with Crippen LogP contribution in [0.4, 0.5) is 0 Å². The zero-order chi connectivity index (χ0) is 22.4. The van der Waals surface area contributed by atoms with Gasteiger partial charge in [-0.2, -0.15) is 0 Å². The number of hydrogen-bond donors (Lipinski definition) is 2. The topological polar surface area (TPSA) is 49.7 Å². The molecule has 184 valence electrons. The molecule has 0 rings (SSSR count). The van der Waals surface area contributed by atoms with Crippen molar-refractivity contribution in [3.05, 3.63) is 0 Å². The molecule has 0 fully saturated rings. The molecule has 0 unspecified atom stereocenters. The van der Waals surface area contributed by atoms with Crippen molar-refractivity contribution in [3.8, 4) is 0 Å². The van der Waals surface area contributed by atoms with Crippen molar-refractivity contribution in [1.82, 2.24) is 0 Å². The van der Waals surface area contributed by atoms with Gasteiger partial charge in [-0.3, -0.25) is 0 Å². The van der Waals surface area contributed by atoms with Gasteiger partial charge in [0.05, 0.1) is 0 Å². The summed E-state index contributed by atoms with van der Waals surface area (Å²) >= 11 is 0. The average Bonchev–Trinajstić information content (AvgIpc) is 2.72. The Morgan fingerprint density at radius 1 is 0.433 bits per heavy atom. The molecule has 3 nitrogen and oxygen atoms in total. The van der Waals surface area contributed by atoms with Crippen molar-refractivity contribution in [3.63, 3.8) is 0 Å². The van der Waals surface area contributed by atoms with E-state index in [0.29, 0.717) is 18.9 Å². The predicted octanol–water partition coefficient (Wildman–Crippen LogP) is 9.15. The van der Waals surface area contributed by atoms with E-state index in [1.165, 1.54) is 89.9 Å².